The number of amides is 2. The number of ketones is 1. The Hall–Kier alpha value is -3.79. The Labute approximate surface area is 200 Å². The van der Waals surface area contributed by atoms with Crippen LogP contribution in [0.25, 0.3) is 0 Å². The average molecular weight is 490 g/mol. The molecule has 0 aliphatic heterocycles. The number of carbonyl (C=O) groups is 4. The molecule has 0 radical (unpaired) electrons. The molecule has 0 aliphatic carbocycles. The lowest BCUT2D eigenvalue weighted by Gasteiger charge is -2.21. The van der Waals surface area contributed by atoms with E-state index < -0.39 is 35.2 Å². The third-order valence-electron chi connectivity index (χ3n) is 4.77. The van der Waals surface area contributed by atoms with E-state index in [9.17, 15) is 29.3 Å². The number of anilines is 1. The fourth-order valence-corrected chi connectivity index (χ4v) is 3.08. The summed E-state index contributed by atoms with van der Waals surface area (Å²) in [6, 6.07) is 8.39. The summed E-state index contributed by atoms with van der Waals surface area (Å²) in [5.74, 6) is -2.54. The highest BCUT2D eigenvalue weighted by molar-refractivity contribution is 6.34. The number of nitrogens with zero attached hydrogens (tertiary/aromatic N) is 1. The summed E-state index contributed by atoms with van der Waals surface area (Å²) in [7, 11) is 0. The standard InChI is InChI=1S/C23H24ClN3O7/c1-4-20(29)25-15-7-5-14(6-8-15)19(28)12-34-23(31)21(13(2)3)26-22(30)17-10-9-16(27(32)33)11-18(17)24/h5-11,13,21H,4,12H2,1-3H3,(H,25,29)(H,26,30). The van der Waals surface area contributed by atoms with Crippen LogP contribution in [0.5, 0.6) is 0 Å². The van der Waals surface area contributed by atoms with Gasteiger partial charge >= 0.3 is 5.97 Å². The highest BCUT2D eigenvalue weighted by Crippen LogP contribution is 2.23. The van der Waals surface area contributed by atoms with Gasteiger partial charge in [-0.05, 0) is 36.2 Å². The minimum absolute atomic E-state index is 0.0444. The van der Waals surface area contributed by atoms with Crippen molar-refractivity contribution in [2.75, 3.05) is 11.9 Å². The molecule has 0 heterocycles. The number of non-ortho nitro benzene ring substituents is 1. The van der Waals surface area contributed by atoms with Crippen LogP contribution >= 0.6 is 11.6 Å². The van der Waals surface area contributed by atoms with Crippen LogP contribution in [0.2, 0.25) is 5.02 Å². The number of hydrogen-bond donors (Lipinski definition) is 2. The molecule has 34 heavy (non-hydrogen) atoms. The van der Waals surface area contributed by atoms with Gasteiger partial charge in [0.2, 0.25) is 5.91 Å². The number of hydrogen-bond acceptors (Lipinski definition) is 7. The van der Waals surface area contributed by atoms with Crippen molar-refractivity contribution in [3.8, 4) is 0 Å². The first-order chi connectivity index (χ1) is 16.0. The normalized spacial score (nSPS) is 11.4. The first-order valence-corrected chi connectivity index (χ1v) is 10.8. The maximum Gasteiger partial charge on any atom is 0.329 e. The molecule has 0 aliphatic rings. The van der Waals surface area contributed by atoms with E-state index in [4.69, 9.17) is 16.3 Å². The second-order valence-corrected chi connectivity index (χ2v) is 8.03. The average Bonchev–Trinajstić information content (AvgIpc) is 2.80. The number of esters is 1. The molecule has 2 amide bonds. The first-order valence-electron chi connectivity index (χ1n) is 10.4. The third-order valence-corrected chi connectivity index (χ3v) is 5.09. The summed E-state index contributed by atoms with van der Waals surface area (Å²) in [5, 5.41) is 15.8. The van der Waals surface area contributed by atoms with Crippen molar-refractivity contribution in [1.29, 1.82) is 0 Å². The molecule has 2 aromatic rings. The highest BCUT2D eigenvalue weighted by Gasteiger charge is 2.28. The summed E-state index contributed by atoms with van der Waals surface area (Å²) in [5.41, 5.74) is 0.496. The van der Waals surface area contributed by atoms with Crippen molar-refractivity contribution >= 4 is 46.5 Å². The van der Waals surface area contributed by atoms with Gasteiger partial charge in [0.05, 0.1) is 15.5 Å². The summed E-state index contributed by atoms with van der Waals surface area (Å²) in [4.78, 5) is 59.1. The number of nitrogens with one attached hydrogen (secondary N) is 2. The lowest BCUT2D eigenvalue weighted by molar-refractivity contribution is -0.384. The molecule has 2 aromatic carbocycles. The maximum absolute atomic E-state index is 12.6. The van der Waals surface area contributed by atoms with Gasteiger partial charge in [-0.3, -0.25) is 24.5 Å². The molecular weight excluding hydrogens is 466 g/mol. The number of Topliss-reactive ketones (excluding diaryl/α,β-unsaturated/α-hetero) is 1. The predicted molar refractivity (Wildman–Crippen MR) is 125 cm³/mol. The quantitative estimate of drug-likeness (QED) is 0.223. The van der Waals surface area contributed by atoms with Crippen molar-refractivity contribution in [3.05, 3.63) is 68.7 Å². The smallest absolute Gasteiger partial charge is 0.329 e. The molecule has 0 spiro atoms. The van der Waals surface area contributed by atoms with E-state index >= 15 is 0 Å². The fraction of sp³-hybridized carbons (Fsp3) is 0.304. The second-order valence-electron chi connectivity index (χ2n) is 7.63. The van der Waals surface area contributed by atoms with E-state index in [2.05, 4.69) is 10.6 Å². The fourth-order valence-electron chi connectivity index (χ4n) is 2.82. The van der Waals surface area contributed by atoms with Crippen molar-refractivity contribution in [2.45, 2.75) is 33.2 Å². The first kappa shape index (κ1) is 26.5. The highest BCUT2D eigenvalue weighted by atomic mass is 35.5. The predicted octanol–water partition coefficient (Wildman–Crippen LogP) is 3.78. The zero-order chi connectivity index (χ0) is 25.4. The van der Waals surface area contributed by atoms with Crippen molar-refractivity contribution < 1.29 is 28.8 Å². The van der Waals surface area contributed by atoms with E-state index in [1.165, 1.54) is 18.2 Å². The number of nitro groups is 1. The van der Waals surface area contributed by atoms with Crippen molar-refractivity contribution in [1.82, 2.24) is 5.32 Å². The SMILES string of the molecule is CCC(=O)Nc1ccc(C(=O)COC(=O)C(NC(=O)c2ccc([N+](=O)[O-])cc2Cl)C(C)C)cc1. The molecule has 10 nitrogen and oxygen atoms in total. The number of rotatable bonds is 10. The van der Waals surface area contributed by atoms with Gasteiger partial charge in [-0.1, -0.05) is 32.4 Å². The van der Waals surface area contributed by atoms with Crippen LogP contribution in [0.1, 0.15) is 47.9 Å². The summed E-state index contributed by atoms with van der Waals surface area (Å²) in [6.45, 7) is 4.52. The Balaban J connectivity index is 2.01. The number of carbonyl (C=O) groups excluding carboxylic acids is 4. The summed E-state index contributed by atoms with van der Waals surface area (Å²) >= 11 is 5.98. The minimum atomic E-state index is -1.09. The Morgan fingerprint density at radius 1 is 1.09 bits per heavy atom. The van der Waals surface area contributed by atoms with Gasteiger partial charge in [0.15, 0.2) is 12.4 Å². The van der Waals surface area contributed by atoms with Crippen LogP contribution in [0.15, 0.2) is 42.5 Å². The maximum atomic E-state index is 12.6. The summed E-state index contributed by atoms with van der Waals surface area (Å²) < 4.78 is 5.12. The molecule has 0 aromatic heterocycles. The van der Waals surface area contributed by atoms with Crippen LogP contribution < -0.4 is 10.6 Å². The van der Waals surface area contributed by atoms with Gasteiger partial charge in [-0.25, -0.2) is 4.79 Å². The number of nitro benzene ring substituents is 1. The van der Waals surface area contributed by atoms with Gasteiger partial charge in [-0.15, -0.1) is 0 Å². The lowest BCUT2D eigenvalue weighted by Crippen LogP contribution is -2.45. The van der Waals surface area contributed by atoms with Crippen LogP contribution in [0.3, 0.4) is 0 Å². The van der Waals surface area contributed by atoms with Gasteiger partial charge < -0.3 is 15.4 Å². The van der Waals surface area contributed by atoms with Crippen LogP contribution in [-0.2, 0) is 14.3 Å². The van der Waals surface area contributed by atoms with E-state index in [0.29, 0.717) is 12.1 Å². The number of ether oxygens (including phenoxy) is 1. The Morgan fingerprint density at radius 2 is 1.74 bits per heavy atom. The lowest BCUT2D eigenvalue weighted by atomic mass is 10.0. The van der Waals surface area contributed by atoms with Gasteiger partial charge in [0, 0.05) is 29.8 Å². The molecule has 11 heteroatoms. The van der Waals surface area contributed by atoms with E-state index in [0.717, 1.165) is 12.1 Å². The molecule has 0 saturated heterocycles. The van der Waals surface area contributed by atoms with Gasteiger partial charge in [0.25, 0.3) is 11.6 Å². The van der Waals surface area contributed by atoms with Gasteiger partial charge in [0.1, 0.15) is 6.04 Å². The van der Waals surface area contributed by atoms with E-state index in [1.807, 2.05) is 0 Å². The zero-order valence-corrected chi connectivity index (χ0v) is 19.5. The molecule has 180 valence electrons. The molecule has 2 rings (SSSR count). The zero-order valence-electron chi connectivity index (χ0n) is 18.8. The van der Waals surface area contributed by atoms with Crippen molar-refractivity contribution in [2.24, 2.45) is 5.92 Å². The molecule has 1 atom stereocenters. The van der Waals surface area contributed by atoms with E-state index in [-0.39, 0.29) is 33.7 Å². The Bertz CT molecular complexity index is 1100. The molecule has 1 unspecified atom stereocenters. The minimum Gasteiger partial charge on any atom is -0.456 e. The largest absolute Gasteiger partial charge is 0.456 e. The molecule has 0 bridgehead atoms. The topological polar surface area (TPSA) is 145 Å². The molecular formula is C23H24ClN3O7. The summed E-state index contributed by atoms with van der Waals surface area (Å²) in [6.07, 6.45) is 0.320. The number of benzene rings is 2. The van der Waals surface area contributed by atoms with Gasteiger partial charge in [-0.2, -0.15) is 0 Å². The van der Waals surface area contributed by atoms with Crippen LogP contribution in [0.4, 0.5) is 11.4 Å². The van der Waals surface area contributed by atoms with Crippen molar-refractivity contribution in [3.63, 3.8) is 0 Å². The Kier molecular flexibility index (Phi) is 9.26. The number of halogens is 1. The van der Waals surface area contributed by atoms with Crippen LogP contribution in [0, 0.1) is 16.0 Å². The molecule has 0 fully saturated rings. The Morgan fingerprint density at radius 3 is 2.26 bits per heavy atom. The molecule has 2 N–H and O–H groups in total. The second kappa shape index (κ2) is 11.9. The van der Waals surface area contributed by atoms with Crippen LogP contribution in [-0.4, -0.2) is 41.1 Å². The molecule has 0 saturated carbocycles. The van der Waals surface area contributed by atoms with E-state index in [1.54, 1.807) is 32.9 Å². The monoisotopic (exact) mass is 489 g/mol. The third kappa shape index (κ3) is 7.11.